The van der Waals surface area contributed by atoms with E-state index in [1.165, 1.54) is 0 Å². The molecule has 0 bridgehead atoms. The third-order valence-corrected chi connectivity index (χ3v) is 6.80. The van der Waals surface area contributed by atoms with Crippen molar-refractivity contribution in [3.8, 4) is 22.5 Å². The van der Waals surface area contributed by atoms with Crippen molar-refractivity contribution in [1.29, 1.82) is 0 Å². The minimum absolute atomic E-state index is 0.676. The first-order chi connectivity index (χ1) is 14.1. The minimum Gasteiger partial charge on any atom is -0.385 e. The standard InChI is InChI=1S/C23H22N4OS/c1-3-23(28,4-2)15-5-6-16-18(13-15)25-20(19(16)14-7-10-24-11-8-14)21-22-17(26-27-21)9-12-29-22/h5-13,25,28H,3-4H2,1-2H3,(H,26,27). The van der Waals surface area contributed by atoms with Crippen LogP contribution in [0.15, 0.2) is 54.2 Å². The van der Waals surface area contributed by atoms with E-state index in [9.17, 15) is 5.11 Å². The highest BCUT2D eigenvalue weighted by Gasteiger charge is 2.26. The van der Waals surface area contributed by atoms with Gasteiger partial charge in [-0.25, -0.2) is 0 Å². The van der Waals surface area contributed by atoms with Crippen LogP contribution in [0.4, 0.5) is 0 Å². The molecule has 3 N–H and O–H groups in total. The Labute approximate surface area is 172 Å². The maximum Gasteiger partial charge on any atom is 0.127 e. The zero-order chi connectivity index (χ0) is 20.0. The normalized spacial score (nSPS) is 12.2. The SMILES string of the molecule is CCC(O)(CC)c1ccc2c(-c3ccncc3)c(-c3n[nH]c4ccsc34)[nH]c2c1. The summed E-state index contributed by atoms with van der Waals surface area (Å²) in [7, 11) is 0. The molecule has 0 saturated heterocycles. The summed E-state index contributed by atoms with van der Waals surface area (Å²) in [6, 6.07) is 12.3. The number of fused-ring (bicyclic) bond motifs is 2. The number of aromatic amines is 2. The van der Waals surface area contributed by atoms with Gasteiger partial charge in [-0.15, -0.1) is 11.3 Å². The van der Waals surface area contributed by atoms with Crippen molar-refractivity contribution in [3.63, 3.8) is 0 Å². The summed E-state index contributed by atoms with van der Waals surface area (Å²) in [6.45, 7) is 4.04. The second-order valence-electron chi connectivity index (χ2n) is 7.35. The second-order valence-corrected chi connectivity index (χ2v) is 8.26. The molecule has 0 amide bonds. The number of pyridine rings is 1. The first-order valence-corrected chi connectivity index (χ1v) is 10.7. The van der Waals surface area contributed by atoms with Crippen molar-refractivity contribution in [1.82, 2.24) is 20.2 Å². The number of benzene rings is 1. The van der Waals surface area contributed by atoms with Crippen LogP contribution in [0.5, 0.6) is 0 Å². The molecule has 0 atom stereocenters. The Hall–Kier alpha value is -2.96. The number of hydrogen-bond acceptors (Lipinski definition) is 4. The maximum absolute atomic E-state index is 11.0. The molecule has 29 heavy (non-hydrogen) atoms. The van der Waals surface area contributed by atoms with Crippen molar-refractivity contribution in [2.45, 2.75) is 32.3 Å². The van der Waals surface area contributed by atoms with Gasteiger partial charge in [-0.2, -0.15) is 5.10 Å². The fraction of sp³-hybridized carbons (Fsp3) is 0.217. The Morgan fingerprint density at radius 3 is 2.59 bits per heavy atom. The highest BCUT2D eigenvalue weighted by atomic mass is 32.1. The lowest BCUT2D eigenvalue weighted by molar-refractivity contribution is 0.0285. The summed E-state index contributed by atoms with van der Waals surface area (Å²) < 4.78 is 1.13. The van der Waals surface area contributed by atoms with Crippen molar-refractivity contribution < 1.29 is 5.11 Å². The molecule has 4 heterocycles. The quantitative estimate of drug-likeness (QED) is 0.345. The fourth-order valence-corrected chi connectivity index (χ4v) is 4.90. The molecule has 0 fully saturated rings. The second kappa shape index (κ2) is 6.83. The molecule has 146 valence electrons. The molecule has 0 spiro atoms. The molecule has 5 rings (SSSR count). The lowest BCUT2D eigenvalue weighted by Gasteiger charge is -2.25. The van der Waals surface area contributed by atoms with Crippen LogP contribution in [0.25, 0.3) is 43.6 Å². The van der Waals surface area contributed by atoms with Gasteiger partial charge in [0.05, 0.1) is 21.5 Å². The number of H-pyrrole nitrogens is 2. The summed E-state index contributed by atoms with van der Waals surface area (Å²) in [5.74, 6) is 0. The molecule has 0 aliphatic heterocycles. The topological polar surface area (TPSA) is 77.6 Å². The van der Waals surface area contributed by atoms with Gasteiger partial charge in [0.1, 0.15) is 5.69 Å². The van der Waals surface area contributed by atoms with E-state index in [0.717, 1.165) is 49.2 Å². The van der Waals surface area contributed by atoms with Gasteiger partial charge in [0, 0.05) is 28.9 Å². The third-order valence-electron chi connectivity index (χ3n) is 5.88. The molecule has 1 aromatic carbocycles. The molecule has 5 aromatic rings. The summed E-state index contributed by atoms with van der Waals surface area (Å²) in [5.41, 5.74) is 6.25. The molecule has 0 aliphatic rings. The van der Waals surface area contributed by atoms with Gasteiger partial charge < -0.3 is 10.1 Å². The van der Waals surface area contributed by atoms with E-state index < -0.39 is 5.60 Å². The molecule has 4 aromatic heterocycles. The minimum atomic E-state index is -0.816. The first-order valence-electron chi connectivity index (χ1n) is 9.85. The van der Waals surface area contributed by atoms with Crippen LogP contribution in [-0.2, 0) is 5.60 Å². The molecule has 6 heteroatoms. The van der Waals surface area contributed by atoms with Gasteiger partial charge in [-0.05, 0) is 53.6 Å². The van der Waals surface area contributed by atoms with Gasteiger partial charge in [0.25, 0.3) is 0 Å². The van der Waals surface area contributed by atoms with Crippen LogP contribution in [-0.4, -0.2) is 25.3 Å². The highest BCUT2D eigenvalue weighted by molar-refractivity contribution is 7.17. The smallest absolute Gasteiger partial charge is 0.127 e. The largest absolute Gasteiger partial charge is 0.385 e. The van der Waals surface area contributed by atoms with E-state index in [-0.39, 0.29) is 0 Å². The van der Waals surface area contributed by atoms with Gasteiger partial charge in [-0.1, -0.05) is 26.0 Å². The summed E-state index contributed by atoms with van der Waals surface area (Å²) in [5, 5.41) is 21.9. The number of thiophene rings is 1. The van der Waals surface area contributed by atoms with Gasteiger partial charge >= 0.3 is 0 Å². The number of aliphatic hydroxyl groups is 1. The van der Waals surface area contributed by atoms with E-state index in [2.05, 4.69) is 37.7 Å². The number of rotatable bonds is 5. The Morgan fingerprint density at radius 2 is 1.83 bits per heavy atom. The van der Waals surface area contributed by atoms with E-state index in [1.54, 1.807) is 11.3 Å². The third kappa shape index (κ3) is 2.79. The molecular formula is C23H22N4OS. The van der Waals surface area contributed by atoms with Crippen molar-refractivity contribution in [2.75, 3.05) is 0 Å². The monoisotopic (exact) mass is 402 g/mol. The lowest BCUT2D eigenvalue weighted by Crippen LogP contribution is -2.23. The highest BCUT2D eigenvalue weighted by Crippen LogP contribution is 2.42. The Kier molecular flexibility index (Phi) is 4.26. The number of nitrogens with one attached hydrogen (secondary N) is 2. The average molecular weight is 403 g/mol. The first kappa shape index (κ1) is 18.1. The molecule has 0 radical (unpaired) electrons. The fourth-order valence-electron chi connectivity index (χ4n) is 4.06. The van der Waals surface area contributed by atoms with E-state index in [4.69, 9.17) is 0 Å². The maximum atomic E-state index is 11.0. The zero-order valence-corrected chi connectivity index (χ0v) is 17.2. The van der Waals surface area contributed by atoms with Crippen molar-refractivity contribution in [3.05, 3.63) is 59.7 Å². The van der Waals surface area contributed by atoms with Crippen LogP contribution in [0, 0.1) is 0 Å². The number of aromatic nitrogens is 4. The molecule has 0 aliphatic carbocycles. The Morgan fingerprint density at radius 1 is 1.03 bits per heavy atom. The Bertz CT molecular complexity index is 1290. The lowest BCUT2D eigenvalue weighted by atomic mass is 9.88. The van der Waals surface area contributed by atoms with Crippen LogP contribution < -0.4 is 0 Å². The summed E-state index contributed by atoms with van der Waals surface area (Å²) in [4.78, 5) is 7.78. The summed E-state index contributed by atoms with van der Waals surface area (Å²) >= 11 is 1.68. The molecular weight excluding hydrogens is 380 g/mol. The molecule has 5 nitrogen and oxygen atoms in total. The average Bonchev–Trinajstić information content (AvgIpc) is 3.47. The number of nitrogens with zero attached hydrogens (tertiary/aromatic N) is 2. The number of hydrogen-bond donors (Lipinski definition) is 3. The zero-order valence-electron chi connectivity index (χ0n) is 16.4. The van der Waals surface area contributed by atoms with Gasteiger partial charge in [0.15, 0.2) is 0 Å². The molecule has 0 saturated carbocycles. The molecule has 0 unspecified atom stereocenters. The van der Waals surface area contributed by atoms with Crippen molar-refractivity contribution in [2.24, 2.45) is 0 Å². The predicted octanol–water partition coefficient (Wildman–Crippen LogP) is 5.84. The van der Waals surface area contributed by atoms with Crippen LogP contribution >= 0.6 is 11.3 Å². The van der Waals surface area contributed by atoms with E-state index >= 15 is 0 Å². The van der Waals surface area contributed by atoms with Crippen LogP contribution in [0.2, 0.25) is 0 Å². The van der Waals surface area contributed by atoms with Crippen LogP contribution in [0.3, 0.4) is 0 Å². The Balaban J connectivity index is 1.80. The van der Waals surface area contributed by atoms with Gasteiger partial charge in [-0.3, -0.25) is 10.1 Å². The van der Waals surface area contributed by atoms with Crippen molar-refractivity contribution >= 4 is 32.5 Å². The van der Waals surface area contributed by atoms with Crippen LogP contribution in [0.1, 0.15) is 32.3 Å². The summed E-state index contributed by atoms with van der Waals surface area (Å²) in [6.07, 6.45) is 4.97. The predicted molar refractivity (Wildman–Crippen MR) is 119 cm³/mol. The van der Waals surface area contributed by atoms with Gasteiger partial charge in [0.2, 0.25) is 0 Å². The van der Waals surface area contributed by atoms with E-state index in [1.807, 2.05) is 50.5 Å². The van der Waals surface area contributed by atoms with E-state index in [0.29, 0.717) is 12.8 Å².